The maximum absolute atomic E-state index is 11.8. The Morgan fingerprint density at radius 2 is 1.90 bits per heavy atom. The van der Waals surface area contributed by atoms with Crippen LogP contribution in [0.15, 0.2) is 18.2 Å². The average molecular weight is 293 g/mol. The number of rotatable bonds is 6. The molecule has 0 aliphatic rings. The molecular weight excluding hydrogens is 274 g/mol. The Morgan fingerprint density at radius 3 is 2.52 bits per heavy atom. The second kappa shape index (κ2) is 8.04. The van der Waals surface area contributed by atoms with Crippen LogP contribution in [0.25, 0.3) is 0 Å². The predicted octanol–water partition coefficient (Wildman–Crippen LogP) is 2.06. The van der Waals surface area contributed by atoms with Gasteiger partial charge in [0, 0.05) is 6.42 Å². The van der Waals surface area contributed by atoms with Gasteiger partial charge in [0.2, 0.25) is 5.91 Å². The minimum atomic E-state index is -0.520. The Labute approximate surface area is 123 Å². The molecule has 0 unspecified atom stereocenters. The van der Waals surface area contributed by atoms with Crippen molar-refractivity contribution in [3.8, 4) is 0 Å². The van der Waals surface area contributed by atoms with Gasteiger partial charge < -0.3 is 14.8 Å². The first-order valence-corrected chi connectivity index (χ1v) is 6.63. The molecular formula is C15H19NO5. The Morgan fingerprint density at radius 1 is 1.19 bits per heavy atom. The smallest absolute Gasteiger partial charge is 0.340 e. The van der Waals surface area contributed by atoms with Gasteiger partial charge in [0.05, 0.1) is 31.4 Å². The Hall–Kier alpha value is -2.37. The van der Waals surface area contributed by atoms with Crippen molar-refractivity contribution in [1.29, 1.82) is 0 Å². The minimum absolute atomic E-state index is 0.000946. The zero-order valence-corrected chi connectivity index (χ0v) is 12.4. The molecule has 21 heavy (non-hydrogen) atoms. The molecule has 114 valence electrons. The summed E-state index contributed by atoms with van der Waals surface area (Å²) < 4.78 is 9.45. The number of hydrogen-bond donors (Lipinski definition) is 1. The van der Waals surface area contributed by atoms with Gasteiger partial charge in [-0.15, -0.1) is 0 Å². The van der Waals surface area contributed by atoms with E-state index >= 15 is 0 Å². The van der Waals surface area contributed by atoms with Crippen LogP contribution in [0.4, 0.5) is 5.69 Å². The first-order chi connectivity index (χ1) is 9.99. The quantitative estimate of drug-likeness (QED) is 0.812. The first kappa shape index (κ1) is 16.7. The first-order valence-electron chi connectivity index (χ1n) is 6.63. The van der Waals surface area contributed by atoms with E-state index in [2.05, 4.69) is 5.32 Å². The van der Waals surface area contributed by atoms with Crippen LogP contribution < -0.4 is 5.32 Å². The molecule has 1 rings (SSSR count). The molecule has 1 aromatic carbocycles. The molecule has 0 bridgehead atoms. The van der Waals surface area contributed by atoms with Crippen LogP contribution in [-0.2, 0) is 19.1 Å². The van der Waals surface area contributed by atoms with E-state index in [0.717, 1.165) is 0 Å². The fourth-order valence-corrected chi connectivity index (χ4v) is 1.81. The molecule has 1 aromatic rings. The number of hydrogen-bond acceptors (Lipinski definition) is 5. The van der Waals surface area contributed by atoms with Crippen LogP contribution in [0.5, 0.6) is 0 Å². The van der Waals surface area contributed by atoms with Gasteiger partial charge in [-0.3, -0.25) is 9.59 Å². The van der Waals surface area contributed by atoms with Crippen molar-refractivity contribution < 1.29 is 23.9 Å². The fourth-order valence-electron chi connectivity index (χ4n) is 1.81. The van der Waals surface area contributed by atoms with Gasteiger partial charge in [-0.05, 0) is 25.5 Å². The number of methoxy groups -OCH3 is 1. The summed E-state index contributed by atoms with van der Waals surface area (Å²) in [7, 11) is 1.28. The van der Waals surface area contributed by atoms with Gasteiger partial charge >= 0.3 is 11.9 Å². The molecule has 1 N–H and O–H groups in total. The highest BCUT2D eigenvalue weighted by atomic mass is 16.5. The largest absolute Gasteiger partial charge is 0.466 e. The number of ether oxygens (including phenoxy) is 2. The fraction of sp³-hybridized carbons (Fsp3) is 0.400. The number of carbonyl (C=O) groups excluding carboxylic acids is 3. The zero-order chi connectivity index (χ0) is 15.8. The molecule has 0 aliphatic carbocycles. The van der Waals surface area contributed by atoms with Crippen LogP contribution in [-0.4, -0.2) is 31.6 Å². The highest BCUT2D eigenvalue weighted by Crippen LogP contribution is 2.20. The van der Waals surface area contributed by atoms with E-state index in [-0.39, 0.29) is 25.4 Å². The normalized spacial score (nSPS) is 9.86. The number of amides is 1. The molecule has 0 aromatic heterocycles. The molecule has 6 heteroatoms. The second-order valence-electron chi connectivity index (χ2n) is 4.34. The lowest BCUT2D eigenvalue weighted by Crippen LogP contribution is -2.17. The van der Waals surface area contributed by atoms with Crippen molar-refractivity contribution in [3.63, 3.8) is 0 Å². The van der Waals surface area contributed by atoms with E-state index in [1.54, 1.807) is 32.0 Å². The highest BCUT2D eigenvalue weighted by Gasteiger charge is 2.16. The van der Waals surface area contributed by atoms with Gasteiger partial charge in [-0.25, -0.2) is 4.79 Å². The monoisotopic (exact) mass is 293 g/mol. The number of aryl methyl sites for hydroxylation is 1. The van der Waals surface area contributed by atoms with Crippen molar-refractivity contribution in [2.24, 2.45) is 0 Å². The highest BCUT2D eigenvalue weighted by molar-refractivity contribution is 6.02. The van der Waals surface area contributed by atoms with Crippen molar-refractivity contribution in [1.82, 2.24) is 0 Å². The molecule has 0 saturated carbocycles. The van der Waals surface area contributed by atoms with E-state index in [0.29, 0.717) is 16.8 Å². The maximum atomic E-state index is 11.8. The number of anilines is 1. The van der Waals surface area contributed by atoms with E-state index in [9.17, 15) is 14.4 Å². The van der Waals surface area contributed by atoms with Crippen LogP contribution in [0.1, 0.15) is 35.7 Å². The van der Waals surface area contributed by atoms with Crippen molar-refractivity contribution in [3.05, 3.63) is 29.3 Å². The van der Waals surface area contributed by atoms with Crippen molar-refractivity contribution >= 4 is 23.5 Å². The predicted molar refractivity (Wildman–Crippen MR) is 77.0 cm³/mol. The van der Waals surface area contributed by atoms with Crippen LogP contribution in [0.2, 0.25) is 0 Å². The summed E-state index contributed by atoms with van der Waals surface area (Å²) in [6.45, 7) is 3.73. The molecule has 0 atom stereocenters. The Balaban J connectivity index is 2.74. The standard InChI is InChI=1S/C15H19NO5/c1-4-21-13(18)9-8-12(17)16-11-7-5-6-10(2)14(11)15(19)20-3/h5-7H,4,8-9H2,1-3H3,(H,16,17). The second-order valence-corrected chi connectivity index (χ2v) is 4.34. The van der Waals surface area contributed by atoms with Crippen molar-refractivity contribution in [2.45, 2.75) is 26.7 Å². The minimum Gasteiger partial charge on any atom is -0.466 e. The van der Waals surface area contributed by atoms with E-state index < -0.39 is 11.9 Å². The summed E-state index contributed by atoms with van der Waals surface area (Å²) in [6.07, 6.45) is -0.00751. The van der Waals surface area contributed by atoms with E-state index in [4.69, 9.17) is 9.47 Å². The summed E-state index contributed by atoms with van der Waals surface area (Å²) in [4.78, 5) is 34.8. The molecule has 6 nitrogen and oxygen atoms in total. The summed E-state index contributed by atoms with van der Waals surface area (Å²) >= 11 is 0. The zero-order valence-electron chi connectivity index (χ0n) is 12.4. The number of nitrogens with one attached hydrogen (secondary N) is 1. The molecule has 1 amide bonds. The SMILES string of the molecule is CCOC(=O)CCC(=O)Nc1cccc(C)c1C(=O)OC. The average Bonchev–Trinajstić information content (AvgIpc) is 2.45. The maximum Gasteiger partial charge on any atom is 0.340 e. The molecule has 0 fully saturated rings. The van der Waals surface area contributed by atoms with Gasteiger partial charge in [-0.1, -0.05) is 12.1 Å². The third kappa shape index (κ3) is 4.91. The Bertz CT molecular complexity index is 539. The lowest BCUT2D eigenvalue weighted by molar-refractivity contribution is -0.144. The summed E-state index contributed by atoms with van der Waals surface area (Å²) in [5, 5.41) is 2.62. The van der Waals surface area contributed by atoms with Crippen LogP contribution in [0, 0.1) is 6.92 Å². The van der Waals surface area contributed by atoms with E-state index in [1.165, 1.54) is 7.11 Å². The summed E-state index contributed by atoms with van der Waals surface area (Å²) in [6, 6.07) is 5.09. The van der Waals surface area contributed by atoms with Crippen LogP contribution in [0.3, 0.4) is 0 Å². The lowest BCUT2D eigenvalue weighted by Gasteiger charge is -2.11. The van der Waals surface area contributed by atoms with Gasteiger partial charge in [0.25, 0.3) is 0 Å². The number of benzene rings is 1. The van der Waals surface area contributed by atoms with Gasteiger partial charge in [-0.2, -0.15) is 0 Å². The number of esters is 2. The van der Waals surface area contributed by atoms with E-state index in [1.807, 2.05) is 0 Å². The Kier molecular flexibility index (Phi) is 6.39. The third-order valence-corrected chi connectivity index (χ3v) is 2.80. The third-order valence-electron chi connectivity index (χ3n) is 2.80. The lowest BCUT2D eigenvalue weighted by atomic mass is 10.1. The molecule has 0 saturated heterocycles. The molecule has 0 heterocycles. The summed E-state index contributed by atoms with van der Waals surface area (Å²) in [5.74, 6) is -1.31. The molecule has 0 aliphatic heterocycles. The number of carbonyl (C=O) groups is 3. The van der Waals surface area contributed by atoms with Crippen molar-refractivity contribution in [2.75, 3.05) is 19.0 Å². The van der Waals surface area contributed by atoms with Gasteiger partial charge in [0.1, 0.15) is 0 Å². The topological polar surface area (TPSA) is 81.7 Å². The summed E-state index contributed by atoms with van der Waals surface area (Å²) in [5.41, 5.74) is 1.38. The van der Waals surface area contributed by atoms with Gasteiger partial charge in [0.15, 0.2) is 0 Å². The van der Waals surface area contributed by atoms with Crippen LogP contribution >= 0.6 is 0 Å². The molecule has 0 spiro atoms. The molecule has 0 radical (unpaired) electrons.